The van der Waals surface area contributed by atoms with E-state index < -0.39 is 9.84 Å². The molecule has 0 aliphatic rings. The normalized spacial score (nSPS) is 11.8. The summed E-state index contributed by atoms with van der Waals surface area (Å²) in [4.78, 5) is 21.1. The van der Waals surface area contributed by atoms with Crippen molar-refractivity contribution in [3.05, 3.63) is 48.4 Å². The van der Waals surface area contributed by atoms with Crippen LogP contribution < -0.4 is 0 Å². The Hall–Kier alpha value is -3.20. The molecule has 0 saturated heterocycles. The van der Waals surface area contributed by atoms with Crippen LogP contribution in [0, 0.1) is 6.92 Å². The highest BCUT2D eigenvalue weighted by Crippen LogP contribution is 2.30. The van der Waals surface area contributed by atoms with Gasteiger partial charge in [0.1, 0.15) is 16.1 Å². The highest BCUT2D eigenvalue weighted by molar-refractivity contribution is 7.91. The van der Waals surface area contributed by atoms with Gasteiger partial charge in [-0.25, -0.2) is 33.3 Å². The molecular weight excluding hydrogens is 366 g/mol. The number of aromatic nitrogens is 5. The molecule has 4 aromatic rings. The molecule has 0 aliphatic heterocycles. The fourth-order valence-electron chi connectivity index (χ4n) is 2.57. The lowest BCUT2D eigenvalue weighted by molar-refractivity contribution is 0.591. The van der Waals surface area contributed by atoms with Crippen LogP contribution in [0.5, 0.6) is 0 Å². The van der Waals surface area contributed by atoms with E-state index in [1.165, 1.54) is 6.20 Å². The first-order valence-electron chi connectivity index (χ1n) is 8.22. The van der Waals surface area contributed by atoms with Gasteiger partial charge in [-0.05, 0) is 30.7 Å². The molecule has 0 amide bonds. The topological polar surface area (TPSA) is 112 Å². The Bertz CT molecular complexity index is 1240. The third kappa shape index (κ3) is 3.17. The summed E-state index contributed by atoms with van der Waals surface area (Å²) in [6.07, 6.45) is 4.38. The average Bonchev–Trinajstić information content (AvgIpc) is 3.11. The van der Waals surface area contributed by atoms with Gasteiger partial charge in [0, 0.05) is 12.4 Å². The van der Waals surface area contributed by atoms with Gasteiger partial charge in [-0.15, -0.1) is 0 Å². The van der Waals surface area contributed by atoms with Crippen LogP contribution in [0.15, 0.2) is 52.2 Å². The predicted octanol–water partition coefficient (Wildman–Crippen LogP) is 2.84. The van der Waals surface area contributed by atoms with Crippen LogP contribution in [0.2, 0.25) is 0 Å². The summed E-state index contributed by atoms with van der Waals surface area (Å²) in [7, 11) is -3.59. The maximum Gasteiger partial charge on any atom is 0.247 e. The number of aryl methyl sites for hydroxylation is 1. The number of oxazole rings is 1. The summed E-state index contributed by atoms with van der Waals surface area (Å²) in [5.41, 5.74) is 2.29. The number of rotatable bonds is 4. The second-order valence-corrected chi connectivity index (χ2v) is 8.12. The van der Waals surface area contributed by atoms with Crippen molar-refractivity contribution in [3.63, 3.8) is 0 Å². The van der Waals surface area contributed by atoms with Crippen LogP contribution in [-0.4, -0.2) is 39.1 Å². The standard InChI is InChI=1S/C18H15N5O3S/c1-3-27(24,25)14-10-21-17(16-19-7-4-8-20-16)23-15(14)18-22-12-9-11(2)5-6-13(12)26-18/h4-10H,3H2,1-2H3. The van der Waals surface area contributed by atoms with E-state index in [2.05, 4.69) is 24.9 Å². The van der Waals surface area contributed by atoms with E-state index in [0.29, 0.717) is 11.1 Å². The van der Waals surface area contributed by atoms with Crippen molar-refractivity contribution in [2.75, 3.05) is 5.75 Å². The van der Waals surface area contributed by atoms with Gasteiger partial charge in [-0.2, -0.15) is 0 Å². The number of hydrogen-bond acceptors (Lipinski definition) is 8. The molecular formula is C18H15N5O3S. The van der Waals surface area contributed by atoms with Crippen molar-refractivity contribution < 1.29 is 12.8 Å². The Morgan fingerprint density at radius 3 is 2.56 bits per heavy atom. The zero-order chi connectivity index (χ0) is 19.0. The predicted molar refractivity (Wildman–Crippen MR) is 98.5 cm³/mol. The van der Waals surface area contributed by atoms with E-state index in [0.717, 1.165) is 5.56 Å². The summed E-state index contributed by atoms with van der Waals surface area (Å²) in [6, 6.07) is 7.21. The van der Waals surface area contributed by atoms with Crippen LogP contribution >= 0.6 is 0 Å². The zero-order valence-corrected chi connectivity index (χ0v) is 15.4. The van der Waals surface area contributed by atoms with Crippen LogP contribution in [-0.2, 0) is 9.84 Å². The highest BCUT2D eigenvalue weighted by atomic mass is 32.2. The highest BCUT2D eigenvalue weighted by Gasteiger charge is 2.25. The van der Waals surface area contributed by atoms with Gasteiger partial charge >= 0.3 is 0 Å². The van der Waals surface area contributed by atoms with E-state index in [1.807, 2.05) is 19.1 Å². The Labute approximate surface area is 155 Å². The van der Waals surface area contributed by atoms with Gasteiger partial charge in [0.15, 0.2) is 27.1 Å². The Morgan fingerprint density at radius 2 is 1.81 bits per heavy atom. The summed E-state index contributed by atoms with van der Waals surface area (Å²) < 4.78 is 30.8. The fourth-order valence-corrected chi connectivity index (χ4v) is 3.52. The van der Waals surface area contributed by atoms with Crippen molar-refractivity contribution in [2.45, 2.75) is 18.7 Å². The van der Waals surface area contributed by atoms with E-state index in [1.54, 1.807) is 31.5 Å². The maximum atomic E-state index is 12.5. The molecule has 8 nitrogen and oxygen atoms in total. The molecule has 0 aliphatic carbocycles. The first-order chi connectivity index (χ1) is 13.0. The lowest BCUT2D eigenvalue weighted by Crippen LogP contribution is -2.09. The van der Waals surface area contributed by atoms with E-state index in [-0.39, 0.29) is 33.9 Å². The van der Waals surface area contributed by atoms with Gasteiger partial charge in [0.2, 0.25) is 5.89 Å². The molecule has 27 heavy (non-hydrogen) atoms. The largest absolute Gasteiger partial charge is 0.435 e. The molecule has 136 valence electrons. The molecule has 4 rings (SSSR count). The van der Waals surface area contributed by atoms with E-state index in [9.17, 15) is 8.42 Å². The Kier molecular flexibility index (Phi) is 4.15. The third-order valence-electron chi connectivity index (χ3n) is 3.98. The summed E-state index contributed by atoms with van der Waals surface area (Å²) >= 11 is 0. The number of sulfone groups is 1. The van der Waals surface area contributed by atoms with Crippen molar-refractivity contribution in [1.82, 2.24) is 24.9 Å². The first kappa shape index (κ1) is 17.2. The second-order valence-electron chi connectivity index (χ2n) is 5.87. The molecule has 0 N–H and O–H groups in total. The van der Waals surface area contributed by atoms with Crippen molar-refractivity contribution in [3.8, 4) is 23.2 Å². The van der Waals surface area contributed by atoms with Crippen molar-refractivity contribution in [1.29, 1.82) is 0 Å². The molecule has 3 heterocycles. The summed E-state index contributed by atoms with van der Waals surface area (Å²) in [5.74, 6) is 0.497. The molecule has 0 fully saturated rings. The van der Waals surface area contributed by atoms with Gasteiger partial charge in [-0.1, -0.05) is 13.0 Å². The van der Waals surface area contributed by atoms with Crippen LogP contribution in [0.3, 0.4) is 0 Å². The third-order valence-corrected chi connectivity index (χ3v) is 5.71. The lowest BCUT2D eigenvalue weighted by Gasteiger charge is -2.07. The smallest absolute Gasteiger partial charge is 0.247 e. The molecule has 1 aromatic carbocycles. The van der Waals surface area contributed by atoms with Gasteiger partial charge < -0.3 is 4.42 Å². The second kappa shape index (κ2) is 6.51. The minimum absolute atomic E-state index is 0.0343. The van der Waals surface area contributed by atoms with E-state index in [4.69, 9.17) is 4.42 Å². The van der Waals surface area contributed by atoms with E-state index >= 15 is 0 Å². The van der Waals surface area contributed by atoms with Gasteiger partial charge in [-0.3, -0.25) is 0 Å². The van der Waals surface area contributed by atoms with Crippen LogP contribution in [0.25, 0.3) is 34.3 Å². The molecule has 0 unspecified atom stereocenters. The Balaban J connectivity index is 1.97. The number of fused-ring (bicyclic) bond motifs is 1. The molecule has 0 radical (unpaired) electrons. The molecule has 3 aromatic heterocycles. The average molecular weight is 381 g/mol. The van der Waals surface area contributed by atoms with Crippen LogP contribution in [0.4, 0.5) is 0 Å². The lowest BCUT2D eigenvalue weighted by atomic mass is 10.2. The SMILES string of the molecule is CCS(=O)(=O)c1cnc(-c2ncccn2)nc1-c1nc2cc(C)ccc2o1. The molecule has 9 heteroatoms. The van der Waals surface area contributed by atoms with Crippen molar-refractivity contribution >= 4 is 20.9 Å². The minimum atomic E-state index is -3.59. The summed E-state index contributed by atoms with van der Waals surface area (Å²) in [6.45, 7) is 3.50. The zero-order valence-electron chi connectivity index (χ0n) is 14.6. The van der Waals surface area contributed by atoms with Crippen molar-refractivity contribution in [2.24, 2.45) is 0 Å². The maximum absolute atomic E-state index is 12.5. The van der Waals surface area contributed by atoms with Gasteiger partial charge in [0.05, 0.1) is 11.9 Å². The monoisotopic (exact) mass is 381 g/mol. The van der Waals surface area contributed by atoms with Gasteiger partial charge in [0.25, 0.3) is 0 Å². The molecule has 0 spiro atoms. The van der Waals surface area contributed by atoms with Crippen LogP contribution in [0.1, 0.15) is 12.5 Å². The molecule has 0 bridgehead atoms. The quantitative estimate of drug-likeness (QED) is 0.530. The first-order valence-corrected chi connectivity index (χ1v) is 9.88. The minimum Gasteiger partial charge on any atom is -0.435 e. The molecule has 0 atom stereocenters. The Morgan fingerprint density at radius 1 is 1.04 bits per heavy atom. The number of nitrogens with zero attached hydrogens (tertiary/aromatic N) is 5. The number of benzene rings is 1. The summed E-state index contributed by atoms with van der Waals surface area (Å²) in [5, 5.41) is 0. The number of hydrogen-bond donors (Lipinski definition) is 0. The fraction of sp³-hybridized carbons (Fsp3) is 0.167. The molecule has 0 saturated carbocycles.